The maximum absolute atomic E-state index is 12.2. The second-order valence-corrected chi connectivity index (χ2v) is 6.28. The van der Waals surface area contributed by atoms with E-state index in [0.29, 0.717) is 32.1 Å². The zero-order valence-electron chi connectivity index (χ0n) is 12.7. The van der Waals surface area contributed by atoms with Gasteiger partial charge in [-0.25, -0.2) is 9.67 Å². The molecule has 128 valence electrons. The maximum Gasteiger partial charge on any atom is 0.243 e. The fourth-order valence-corrected chi connectivity index (χ4v) is 2.59. The monoisotopic (exact) mass is 395 g/mol. The minimum atomic E-state index is -0.255. The van der Waals surface area contributed by atoms with Crippen molar-refractivity contribution in [2.75, 3.05) is 17.2 Å². The Morgan fingerprint density at radius 3 is 2.64 bits per heavy atom. The highest BCUT2D eigenvalue weighted by molar-refractivity contribution is 6.42. The van der Waals surface area contributed by atoms with E-state index in [4.69, 9.17) is 34.8 Å². The summed E-state index contributed by atoms with van der Waals surface area (Å²) in [6, 6.07) is 10.2. The fraction of sp³-hybridized carbons (Fsp3) is 0.0625. The zero-order valence-corrected chi connectivity index (χ0v) is 15.0. The van der Waals surface area contributed by atoms with Crippen molar-refractivity contribution >= 4 is 52.1 Å². The molecule has 25 heavy (non-hydrogen) atoms. The zero-order chi connectivity index (χ0) is 17.8. The summed E-state index contributed by atoms with van der Waals surface area (Å²) in [5.41, 5.74) is 1.87. The summed E-state index contributed by atoms with van der Waals surface area (Å²) < 4.78 is 1.54. The summed E-state index contributed by atoms with van der Waals surface area (Å²) in [6.45, 7) is 0.0429. The molecular formula is C16H12Cl3N5O. The van der Waals surface area contributed by atoms with Gasteiger partial charge >= 0.3 is 0 Å². The van der Waals surface area contributed by atoms with Gasteiger partial charge < -0.3 is 10.6 Å². The van der Waals surface area contributed by atoms with Gasteiger partial charge in [0.2, 0.25) is 5.91 Å². The molecule has 0 spiro atoms. The number of carbonyl (C=O) groups is 1. The van der Waals surface area contributed by atoms with Crippen LogP contribution in [-0.4, -0.2) is 27.2 Å². The number of hydrogen-bond donors (Lipinski definition) is 2. The lowest BCUT2D eigenvalue weighted by molar-refractivity contribution is -0.114. The molecule has 0 aliphatic carbocycles. The van der Waals surface area contributed by atoms with Crippen LogP contribution in [0.3, 0.4) is 0 Å². The highest BCUT2D eigenvalue weighted by Gasteiger charge is 2.10. The minimum Gasteiger partial charge on any atom is -0.376 e. The van der Waals surface area contributed by atoms with Crippen molar-refractivity contribution in [2.24, 2.45) is 0 Å². The predicted molar refractivity (Wildman–Crippen MR) is 100.0 cm³/mol. The Bertz CT molecular complexity index is 899. The van der Waals surface area contributed by atoms with Crippen molar-refractivity contribution < 1.29 is 4.79 Å². The van der Waals surface area contributed by atoms with Gasteiger partial charge in [0.25, 0.3) is 0 Å². The largest absolute Gasteiger partial charge is 0.376 e. The van der Waals surface area contributed by atoms with Crippen molar-refractivity contribution in [1.29, 1.82) is 0 Å². The van der Waals surface area contributed by atoms with Crippen LogP contribution in [-0.2, 0) is 4.79 Å². The molecule has 1 aromatic heterocycles. The van der Waals surface area contributed by atoms with E-state index in [1.165, 1.54) is 12.7 Å². The van der Waals surface area contributed by atoms with E-state index in [2.05, 4.69) is 20.7 Å². The summed E-state index contributed by atoms with van der Waals surface area (Å²) in [7, 11) is 0. The highest BCUT2D eigenvalue weighted by atomic mass is 35.5. The molecule has 3 rings (SSSR count). The molecule has 0 fully saturated rings. The molecule has 0 saturated carbocycles. The van der Waals surface area contributed by atoms with Crippen molar-refractivity contribution in [3.8, 4) is 5.69 Å². The molecular weight excluding hydrogens is 385 g/mol. The number of carbonyl (C=O) groups excluding carboxylic acids is 1. The Labute approximate surface area is 158 Å². The number of rotatable bonds is 5. The smallest absolute Gasteiger partial charge is 0.243 e. The van der Waals surface area contributed by atoms with Crippen molar-refractivity contribution in [1.82, 2.24) is 14.8 Å². The topological polar surface area (TPSA) is 71.8 Å². The average Bonchev–Trinajstić information content (AvgIpc) is 3.10. The van der Waals surface area contributed by atoms with Crippen LogP contribution in [0.25, 0.3) is 5.69 Å². The molecule has 0 saturated heterocycles. The number of anilines is 2. The summed E-state index contributed by atoms with van der Waals surface area (Å²) in [4.78, 5) is 16.2. The molecule has 0 atom stereocenters. The molecule has 0 aliphatic heterocycles. The summed E-state index contributed by atoms with van der Waals surface area (Å²) in [6.07, 6.45) is 2.94. The van der Waals surface area contributed by atoms with Gasteiger partial charge in [-0.05, 0) is 36.4 Å². The number of nitrogens with zero attached hydrogens (tertiary/aromatic N) is 3. The van der Waals surface area contributed by atoms with Gasteiger partial charge in [0.05, 0.1) is 28.0 Å². The summed E-state index contributed by atoms with van der Waals surface area (Å²) in [5, 5.41) is 11.2. The first kappa shape index (κ1) is 17.5. The van der Waals surface area contributed by atoms with E-state index in [0.717, 1.165) is 0 Å². The number of aromatic nitrogens is 3. The standard InChI is InChI=1S/C16H12Cl3N5O/c17-10-1-4-15(24-9-20-8-22-24)14(5-10)23-16(25)7-21-11-2-3-12(18)13(19)6-11/h1-6,8-9,21H,7H2,(H,23,25). The predicted octanol–water partition coefficient (Wildman–Crippen LogP) is 4.28. The van der Waals surface area contributed by atoms with E-state index in [1.807, 2.05) is 0 Å². The minimum absolute atomic E-state index is 0.0429. The van der Waals surface area contributed by atoms with Crippen LogP contribution >= 0.6 is 34.8 Å². The van der Waals surface area contributed by atoms with Crippen LogP contribution in [0.1, 0.15) is 0 Å². The quantitative estimate of drug-likeness (QED) is 0.675. The van der Waals surface area contributed by atoms with Crippen LogP contribution in [0.5, 0.6) is 0 Å². The van der Waals surface area contributed by atoms with Crippen LogP contribution in [0.15, 0.2) is 49.1 Å². The first-order chi connectivity index (χ1) is 12.0. The number of hydrogen-bond acceptors (Lipinski definition) is 4. The second-order valence-electron chi connectivity index (χ2n) is 5.03. The first-order valence-corrected chi connectivity index (χ1v) is 8.29. The summed E-state index contributed by atoms with van der Waals surface area (Å²) in [5.74, 6) is -0.255. The summed E-state index contributed by atoms with van der Waals surface area (Å²) >= 11 is 17.8. The van der Waals surface area contributed by atoms with Crippen molar-refractivity contribution in [2.45, 2.75) is 0 Å². The van der Waals surface area contributed by atoms with Crippen LogP contribution in [0.4, 0.5) is 11.4 Å². The Kier molecular flexibility index (Phi) is 5.43. The molecule has 0 bridgehead atoms. The molecule has 0 aliphatic rings. The van der Waals surface area contributed by atoms with Crippen molar-refractivity contribution in [3.63, 3.8) is 0 Å². The molecule has 0 unspecified atom stereocenters. The third kappa shape index (κ3) is 4.42. The van der Waals surface area contributed by atoms with Crippen LogP contribution in [0.2, 0.25) is 15.1 Å². The molecule has 1 amide bonds. The van der Waals surface area contributed by atoms with Crippen LogP contribution in [0, 0.1) is 0 Å². The van der Waals surface area contributed by atoms with E-state index in [1.54, 1.807) is 41.1 Å². The van der Waals surface area contributed by atoms with Gasteiger partial charge in [-0.3, -0.25) is 4.79 Å². The van der Waals surface area contributed by atoms with E-state index >= 15 is 0 Å². The SMILES string of the molecule is O=C(CNc1ccc(Cl)c(Cl)c1)Nc1cc(Cl)ccc1-n1cncn1. The number of benzene rings is 2. The highest BCUT2D eigenvalue weighted by Crippen LogP contribution is 2.25. The molecule has 2 aromatic carbocycles. The molecule has 1 heterocycles. The third-order valence-corrected chi connectivity index (χ3v) is 4.25. The normalized spacial score (nSPS) is 10.5. The Morgan fingerprint density at radius 2 is 1.92 bits per heavy atom. The number of halogens is 3. The number of amides is 1. The van der Waals surface area contributed by atoms with E-state index in [-0.39, 0.29) is 12.5 Å². The van der Waals surface area contributed by atoms with Gasteiger partial charge in [-0.1, -0.05) is 34.8 Å². The fourth-order valence-electron chi connectivity index (χ4n) is 2.12. The first-order valence-electron chi connectivity index (χ1n) is 7.16. The Morgan fingerprint density at radius 1 is 1.08 bits per heavy atom. The van der Waals surface area contributed by atoms with E-state index in [9.17, 15) is 4.79 Å². The number of nitrogens with one attached hydrogen (secondary N) is 2. The molecule has 3 aromatic rings. The maximum atomic E-state index is 12.2. The van der Waals surface area contributed by atoms with Gasteiger partial charge in [0.1, 0.15) is 12.7 Å². The lowest BCUT2D eigenvalue weighted by Crippen LogP contribution is -2.22. The molecule has 0 radical (unpaired) electrons. The molecule has 2 N–H and O–H groups in total. The second kappa shape index (κ2) is 7.74. The van der Waals surface area contributed by atoms with Gasteiger partial charge in [-0.15, -0.1) is 0 Å². The Hall–Kier alpha value is -2.28. The molecule has 9 heteroatoms. The third-order valence-electron chi connectivity index (χ3n) is 3.27. The van der Waals surface area contributed by atoms with Gasteiger partial charge in [0, 0.05) is 10.7 Å². The molecule has 6 nitrogen and oxygen atoms in total. The lowest BCUT2D eigenvalue weighted by Gasteiger charge is -2.12. The Balaban J connectivity index is 1.70. The van der Waals surface area contributed by atoms with Gasteiger partial charge in [0.15, 0.2) is 0 Å². The van der Waals surface area contributed by atoms with Gasteiger partial charge in [-0.2, -0.15) is 5.10 Å². The van der Waals surface area contributed by atoms with E-state index < -0.39 is 0 Å². The van der Waals surface area contributed by atoms with Crippen molar-refractivity contribution in [3.05, 3.63) is 64.1 Å². The average molecular weight is 397 g/mol. The lowest BCUT2D eigenvalue weighted by atomic mass is 10.2. The van der Waals surface area contributed by atoms with Crippen LogP contribution < -0.4 is 10.6 Å².